The summed E-state index contributed by atoms with van der Waals surface area (Å²) in [5, 5.41) is 1.06. The number of amides is 1. The molecule has 2 nitrogen and oxygen atoms in total. The minimum atomic E-state index is -0.324. The van der Waals surface area contributed by atoms with E-state index in [1.54, 1.807) is 32.2 Å². The van der Waals surface area contributed by atoms with Gasteiger partial charge < -0.3 is 4.90 Å². The highest BCUT2D eigenvalue weighted by molar-refractivity contribution is 6.35. The van der Waals surface area contributed by atoms with Crippen LogP contribution in [-0.4, -0.2) is 17.9 Å². The summed E-state index contributed by atoms with van der Waals surface area (Å²) in [5.74, 6) is -0.515. The Kier molecular flexibility index (Phi) is 4.86. The van der Waals surface area contributed by atoms with Crippen LogP contribution in [0.4, 0.5) is 4.39 Å². The van der Waals surface area contributed by atoms with E-state index in [9.17, 15) is 9.18 Å². The summed E-state index contributed by atoms with van der Waals surface area (Å²) in [6, 6.07) is 9.46. The summed E-state index contributed by atoms with van der Waals surface area (Å²) in [6.07, 6.45) is 0. The van der Waals surface area contributed by atoms with Gasteiger partial charge in [-0.3, -0.25) is 4.79 Å². The number of nitrogens with zero attached hydrogens (tertiary/aromatic N) is 1. The molecule has 0 aliphatic heterocycles. The van der Waals surface area contributed by atoms with E-state index in [1.165, 1.54) is 23.1 Å². The van der Waals surface area contributed by atoms with Crippen LogP contribution in [0.1, 0.15) is 21.5 Å². The monoisotopic (exact) mass is 325 g/mol. The fourth-order valence-corrected chi connectivity index (χ4v) is 2.44. The standard InChI is InChI=1S/C16H14Cl2FNO/c1-10-7-11(4-6-15(10)19)16(21)20(2)9-12-3-5-13(17)8-14(12)18/h3-8H,9H2,1-2H3. The molecule has 5 heteroatoms. The zero-order valence-electron chi connectivity index (χ0n) is 11.7. The predicted octanol–water partition coefficient (Wildman–Crippen LogP) is 4.71. The van der Waals surface area contributed by atoms with Crippen LogP contribution in [0.3, 0.4) is 0 Å². The van der Waals surface area contributed by atoms with E-state index in [1.807, 2.05) is 0 Å². The van der Waals surface area contributed by atoms with Crippen molar-refractivity contribution in [3.8, 4) is 0 Å². The summed E-state index contributed by atoms with van der Waals surface area (Å²) in [7, 11) is 1.67. The van der Waals surface area contributed by atoms with Crippen molar-refractivity contribution >= 4 is 29.1 Å². The molecule has 0 saturated heterocycles. The number of hydrogen-bond acceptors (Lipinski definition) is 1. The molecule has 2 rings (SSSR count). The van der Waals surface area contributed by atoms with Crippen LogP contribution in [-0.2, 0) is 6.54 Å². The Hall–Kier alpha value is -1.58. The van der Waals surface area contributed by atoms with Gasteiger partial charge in [0.25, 0.3) is 5.91 Å². The lowest BCUT2D eigenvalue weighted by molar-refractivity contribution is 0.0785. The van der Waals surface area contributed by atoms with E-state index in [0.717, 1.165) is 5.56 Å². The summed E-state index contributed by atoms with van der Waals surface area (Å²) in [4.78, 5) is 13.9. The number of rotatable bonds is 3. The maximum Gasteiger partial charge on any atom is 0.253 e. The third kappa shape index (κ3) is 3.74. The van der Waals surface area contributed by atoms with Crippen LogP contribution in [0.15, 0.2) is 36.4 Å². The number of benzene rings is 2. The van der Waals surface area contributed by atoms with Crippen LogP contribution in [0.5, 0.6) is 0 Å². The number of carbonyl (C=O) groups excluding carboxylic acids is 1. The molecule has 1 amide bonds. The first kappa shape index (κ1) is 15.8. The molecule has 0 bridgehead atoms. The van der Waals surface area contributed by atoms with E-state index in [0.29, 0.717) is 27.7 Å². The summed E-state index contributed by atoms with van der Waals surface area (Å²) in [6.45, 7) is 1.98. The highest BCUT2D eigenvalue weighted by Crippen LogP contribution is 2.22. The van der Waals surface area contributed by atoms with Gasteiger partial charge in [-0.1, -0.05) is 29.3 Å². The molecule has 0 radical (unpaired) electrons. The van der Waals surface area contributed by atoms with Crippen molar-refractivity contribution in [2.45, 2.75) is 13.5 Å². The third-order valence-electron chi connectivity index (χ3n) is 3.17. The summed E-state index contributed by atoms with van der Waals surface area (Å²) in [5.41, 5.74) is 1.69. The highest BCUT2D eigenvalue weighted by Gasteiger charge is 2.14. The van der Waals surface area contributed by atoms with Crippen molar-refractivity contribution in [1.82, 2.24) is 4.90 Å². The van der Waals surface area contributed by atoms with E-state index >= 15 is 0 Å². The fourth-order valence-electron chi connectivity index (χ4n) is 1.98. The lowest BCUT2D eigenvalue weighted by atomic mass is 10.1. The summed E-state index contributed by atoms with van der Waals surface area (Å²) < 4.78 is 13.2. The van der Waals surface area contributed by atoms with Crippen LogP contribution >= 0.6 is 23.2 Å². The molecule has 0 heterocycles. The zero-order valence-corrected chi connectivity index (χ0v) is 13.2. The average molecular weight is 326 g/mol. The Morgan fingerprint density at radius 3 is 2.52 bits per heavy atom. The first-order chi connectivity index (χ1) is 9.88. The fraction of sp³-hybridized carbons (Fsp3) is 0.188. The predicted molar refractivity (Wildman–Crippen MR) is 83.4 cm³/mol. The Morgan fingerprint density at radius 1 is 1.19 bits per heavy atom. The van der Waals surface area contributed by atoms with Crippen molar-refractivity contribution in [2.24, 2.45) is 0 Å². The van der Waals surface area contributed by atoms with Crippen molar-refractivity contribution in [3.05, 3.63) is 69.0 Å². The van der Waals surface area contributed by atoms with Crippen LogP contribution in [0, 0.1) is 12.7 Å². The largest absolute Gasteiger partial charge is 0.337 e. The molecule has 0 aliphatic carbocycles. The van der Waals surface area contributed by atoms with Gasteiger partial charge in [0.1, 0.15) is 5.82 Å². The van der Waals surface area contributed by atoms with Gasteiger partial charge in [-0.25, -0.2) is 4.39 Å². The van der Waals surface area contributed by atoms with Gasteiger partial charge in [0.05, 0.1) is 0 Å². The van der Waals surface area contributed by atoms with E-state index < -0.39 is 0 Å². The Bertz CT molecular complexity index is 688. The topological polar surface area (TPSA) is 20.3 Å². The minimum Gasteiger partial charge on any atom is -0.337 e. The second-order valence-corrected chi connectivity index (χ2v) is 5.70. The van der Waals surface area contributed by atoms with Crippen molar-refractivity contribution in [2.75, 3.05) is 7.05 Å². The Balaban J connectivity index is 2.17. The van der Waals surface area contributed by atoms with E-state index in [4.69, 9.17) is 23.2 Å². The van der Waals surface area contributed by atoms with E-state index in [2.05, 4.69) is 0 Å². The smallest absolute Gasteiger partial charge is 0.253 e. The second-order valence-electron chi connectivity index (χ2n) is 4.86. The first-order valence-corrected chi connectivity index (χ1v) is 7.09. The molecule has 110 valence electrons. The van der Waals surface area contributed by atoms with Crippen LogP contribution in [0.25, 0.3) is 0 Å². The molecule has 0 saturated carbocycles. The van der Waals surface area contributed by atoms with Gasteiger partial charge in [-0.2, -0.15) is 0 Å². The van der Waals surface area contributed by atoms with Gasteiger partial charge in [0.2, 0.25) is 0 Å². The molecular weight excluding hydrogens is 312 g/mol. The molecule has 0 aliphatic rings. The highest BCUT2D eigenvalue weighted by atomic mass is 35.5. The van der Waals surface area contributed by atoms with Crippen molar-refractivity contribution < 1.29 is 9.18 Å². The van der Waals surface area contributed by atoms with Crippen molar-refractivity contribution in [3.63, 3.8) is 0 Å². The van der Waals surface area contributed by atoms with Gasteiger partial charge >= 0.3 is 0 Å². The number of halogens is 3. The van der Waals surface area contributed by atoms with Gasteiger partial charge in [-0.05, 0) is 48.4 Å². The minimum absolute atomic E-state index is 0.191. The summed E-state index contributed by atoms with van der Waals surface area (Å²) >= 11 is 11.9. The quantitative estimate of drug-likeness (QED) is 0.800. The van der Waals surface area contributed by atoms with Gasteiger partial charge in [0.15, 0.2) is 0 Å². The molecular formula is C16H14Cl2FNO. The molecule has 0 fully saturated rings. The van der Waals surface area contributed by atoms with Crippen molar-refractivity contribution in [1.29, 1.82) is 0 Å². The maximum atomic E-state index is 13.2. The normalized spacial score (nSPS) is 10.5. The average Bonchev–Trinajstić information content (AvgIpc) is 2.44. The Morgan fingerprint density at radius 2 is 1.90 bits per heavy atom. The molecule has 2 aromatic carbocycles. The van der Waals surface area contributed by atoms with Gasteiger partial charge in [0, 0.05) is 29.2 Å². The Labute approximate surface area is 133 Å². The van der Waals surface area contributed by atoms with Crippen LogP contribution in [0.2, 0.25) is 10.0 Å². The molecule has 0 aromatic heterocycles. The van der Waals surface area contributed by atoms with Crippen LogP contribution < -0.4 is 0 Å². The van der Waals surface area contributed by atoms with E-state index in [-0.39, 0.29) is 11.7 Å². The first-order valence-electron chi connectivity index (χ1n) is 6.34. The number of hydrogen-bond donors (Lipinski definition) is 0. The number of aryl methyl sites for hydroxylation is 1. The lowest BCUT2D eigenvalue weighted by Crippen LogP contribution is -2.26. The molecule has 0 spiro atoms. The number of carbonyl (C=O) groups is 1. The molecule has 2 aromatic rings. The second kappa shape index (κ2) is 6.46. The molecule has 21 heavy (non-hydrogen) atoms. The molecule has 0 atom stereocenters. The maximum absolute atomic E-state index is 13.2. The van der Waals surface area contributed by atoms with Gasteiger partial charge in [-0.15, -0.1) is 0 Å². The SMILES string of the molecule is Cc1cc(C(=O)N(C)Cc2ccc(Cl)cc2Cl)ccc1F. The zero-order chi connectivity index (χ0) is 15.6. The molecule has 0 N–H and O–H groups in total. The molecule has 0 unspecified atom stereocenters. The third-order valence-corrected chi connectivity index (χ3v) is 3.76. The lowest BCUT2D eigenvalue weighted by Gasteiger charge is -2.18.